The summed E-state index contributed by atoms with van der Waals surface area (Å²) in [5.74, 6) is -0.364. The van der Waals surface area contributed by atoms with Crippen LogP contribution in [0.5, 0.6) is 0 Å². The number of benzene rings is 2. The Bertz CT molecular complexity index is 1340. The number of rotatable bonds is 7. The molecule has 0 aliphatic carbocycles. The molecule has 0 unspecified atom stereocenters. The third-order valence-corrected chi connectivity index (χ3v) is 6.36. The predicted octanol–water partition coefficient (Wildman–Crippen LogP) is 6.71. The maximum absolute atomic E-state index is 13.5. The van der Waals surface area contributed by atoms with Crippen LogP contribution in [0.25, 0.3) is 11.4 Å². The molecule has 0 atom stereocenters. The highest BCUT2D eigenvalue weighted by Crippen LogP contribution is 2.24. The predicted molar refractivity (Wildman–Crippen MR) is 154 cm³/mol. The fourth-order valence-corrected chi connectivity index (χ4v) is 4.77. The number of aromatic nitrogens is 2. The van der Waals surface area contributed by atoms with Gasteiger partial charge in [0.15, 0.2) is 0 Å². The van der Waals surface area contributed by atoms with Crippen molar-refractivity contribution in [3.05, 3.63) is 106 Å². The molecule has 0 aliphatic rings. The number of anilines is 2. The fraction of sp³-hybridized carbons (Fsp3) is 0.250. The van der Waals surface area contributed by atoms with Gasteiger partial charge in [0.25, 0.3) is 11.8 Å². The number of carbonyl (C=O) groups is 2. The molecule has 6 heteroatoms. The largest absolute Gasteiger partial charge is 0.307 e. The van der Waals surface area contributed by atoms with Crippen molar-refractivity contribution < 1.29 is 9.59 Å². The molecule has 0 bridgehead atoms. The second kappa shape index (κ2) is 11.4. The number of aryl methyl sites for hydroxylation is 4. The number of hydrogen-bond donors (Lipinski definition) is 0. The lowest BCUT2D eigenvalue weighted by Gasteiger charge is -2.22. The van der Waals surface area contributed by atoms with Crippen LogP contribution in [-0.4, -0.2) is 34.9 Å². The molecule has 38 heavy (non-hydrogen) atoms. The summed E-state index contributed by atoms with van der Waals surface area (Å²) in [7, 11) is 0. The molecule has 2 heterocycles. The van der Waals surface area contributed by atoms with E-state index in [1.807, 2.05) is 77.9 Å². The summed E-state index contributed by atoms with van der Waals surface area (Å²) in [6.07, 6.45) is 0. The van der Waals surface area contributed by atoms with E-state index in [4.69, 9.17) is 0 Å². The summed E-state index contributed by atoms with van der Waals surface area (Å²) in [5.41, 5.74) is 7.81. The van der Waals surface area contributed by atoms with Crippen molar-refractivity contribution in [1.82, 2.24) is 9.97 Å². The van der Waals surface area contributed by atoms with E-state index in [9.17, 15) is 9.59 Å². The zero-order valence-corrected chi connectivity index (χ0v) is 22.9. The zero-order chi connectivity index (χ0) is 27.4. The molecule has 0 spiro atoms. The molecular weight excluding hydrogens is 472 g/mol. The van der Waals surface area contributed by atoms with Crippen LogP contribution in [0.3, 0.4) is 0 Å². The highest BCUT2D eigenvalue weighted by molar-refractivity contribution is 6.06. The minimum absolute atomic E-state index is 0.182. The van der Waals surface area contributed by atoms with Gasteiger partial charge in [-0.05, 0) is 112 Å². The first kappa shape index (κ1) is 26.7. The van der Waals surface area contributed by atoms with Crippen LogP contribution in [0, 0.1) is 27.7 Å². The smallest absolute Gasteiger partial charge is 0.276 e. The van der Waals surface area contributed by atoms with Gasteiger partial charge in [-0.25, -0.2) is 9.97 Å². The molecular formula is C32H34N4O2. The van der Waals surface area contributed by atoms with Crippen LogP contribution in [-0.2, 0) is 0 Å². The highest BCUT2D eigenvalue weighted by atomic mass is 16.2. The summed E-state index contributed by atoms with van der Waals surface area (Å²) in [6, 6.07) is 22.8. The van der Waals surface area contributed by atoms with E-state index in [-0.39, 0.29) is 11.8 Å². The molecule has 0 aliphatic heterocycles. The van der Waals surface area contributed by atoms with Crippen LogP contribution < -0.4 is 9.80 Å². The average Bonchev–Trinajstić information content (AvgIpc) is 2.88. The minimum atomic E-state index is -0.182. The van der Waals surface area contributed by atoms with Crippen molar-refractivity contribution in [3.8, 4) is 11.4 Å². The van der Waals surface area contributed by atoms with E-state index in [2.05, 4.69) is 22.1 Å². The maximum atomic E-state index is 13.5. The minimum Gasteiger partial charge on any atom is -0.307 e. The number of nitrogens with zero attached hydrogens (tertiary/aromatic N) is 4. The van der Waals surface area contributed by atoms with Gasteiger partial charge in [-0.15, -0.1) is 0 Å². The van der Waals surface area contributed by atoms with E-state index in [1.165, 1.54) is 0 Å². The lowest BCUT2D eigenvalue weighted by molar-refractivity contribution is 0.0975. The Morgan fingerprint density at radius 1 is 0.579 bits per heavy atom. The Labute approximate surface area is 225 Å². The van der Waals surface area contributed by atoms with E-state index < -0.39 is 0 Å². The summed E-state index contributed by atoms with van der Waals surface area (Å²) in [5, 5.41) is 0. The Morgan fingerprint density at radius 3 is 1.24 bits per heavy atom. The highest BCUT2D eigenvalue weighted by Gasteiger charge is 2.21. The van der Waals surface area contributed by atoms with Crippen LogP contribution >= 0.6 is 0 Å². The molecule has 0 N–H and O–H groups in total. The molecule has 6 nitrogen and oxygen atoms in total. The molecule has 4 rings (SSSR count). The second-order valence-electron chi connectivity index (χ2n) is 9.61. The van der Waals surface area contributed by atoms with Crippen LogP contribution in [0.1, 0.15) is 57.1 Å². The Morgan fingerprint density at radius 2 is 0.921 bits per heavy atom. The van der Waals surface area contributed by atoms with Gasteiger partial charge in [0.1, 0.15) is 11.4 Å². The summed E-state index contributed by atoms with van der Waals surface area (Å²) in [4.78, 5) is 39.7. The van der Waals surface area contributed by atoms with Crippen LogP contribution in [0.2, 0.25) is 0 Å². The van der Waals surface area contributed by atoms with Crippen molar-refractivity contribution in [1.29, 1.82) is 0 Å². The monoisotopic (exact) mass is 506 g/mol. The van der Waals surface area contributed by atoms with E-state index >= 15 is 0 Å². The van der Waals surface area contributed by atoms with Crippen molar-refractivity contribution >= 4 is 23.2 Å². The van der Waals surface area contributed by atoms with Crippen LogP contribution in [0.4, 0.5) is 11.4 Å². The third-order valence-electron chi connectivity index (χ3n) is 6.36. The molecule has 2 aromatic heterocycles. The van der Waals surface area contributed by atoms with Gasteiger partial charge in [-0.2, -0.15) is 0 Å². The first-order valence-electron chi connectivity index (χ1n) is 12.9. The van der Waals surface area contributed by atoms with Crippen molar-refractivity contribution in [2.75, 3.05) is 22.9 Å². The average molecular weight is 507 g/mol. The molecule has 2 amide bonds. The molecule has 2 aromatic carbocycles. The topological polar surface area (TPSA) is 66.4 Å². The van der Waals surface area contributed by atoms with E-state index in [0.29, 0.717) is 35.9 Å². The molecule has 0 saturated carbocycles. The number of amides is 2. The quantitative estimate of drug-likeness (QED) is 0.279. The van der Waals surface area contributed by atoms with Crippen LogP contribution in [0.15, 0.2) is 72.8 Å². The molecule has 0 fully saturated rings. The molecule has 0 radical (unpaired) electrons. The normalized spacial score (nSPS) is 10.8. The lowest BCUT2D eigenvalue weighted by atomic mass is 10.1. The van der Waals surface area contributed by atoms with Crippen molar-refractivity contribution in [2.45, 2.75) is 41.5 Å². The first-order valence-corrected chi connectivity index (χ1v) is 12.9. The maximum Gasteiger partial charge on any atom is 0.276 e. The zero-order valence-electron chi connectivity index (χ0n) is 22.9. The van der Waals surface area contributed by atoms with Gasteiger partial charge in [-0.3, -0.25) is 9.59 Å². The van der Waals surface area contributed by atoms with E-state index in [1.54, 1.807) is 34.1 Å². The van der Waals surface area contributed by atoms with Gasteiger partial charge in [0.2, 0.25) is 0 Å². The molecule has 194 valence electrons. The van der Waals surface area contributed by atoms with Gasteiger partial charge in [0, 0.05) is 24.5 Å². The number of hydrogen-bond acceptors (Lipinski definition) is 4. The lowest BCUT2D eigenvalue weighted by Crippen LogP contribution is -2.31. The first-order chi connectivity index (χ1) is 18.2. The standard InChI is InChI=1S/C32H34N4O2/c1-7-35(25-17-21(3)15-22(4)18-25)31(37)29-13-9-11-27(33-29)28-12-10-14-30(34-28)32(38)36(8-2)26-19-23(5)16-24(6)20-26/h9-20H,7-8H2,1-6H3. The van der Waals surface area contributed by atoms with E-state index in [0.717, 1.165) is 33.6 Å². The summed E-state index contributed by atoms with van der Waals surface area (Å²) >= 11 is 0. The summed E-state index contributed by atoms with van der Waals surface area (Å²) in [6.45, 7) is 13.0. The number of pyridine rings is 2. The second-order valence-corrected chi connectivity index (χ2v) is 9.61. The third kappa shape index (κ3) is 5.80. The Hall–Kier alpha value is -4.32. The Balaban J connectivity index is 1.64. The molecule has 4 aromatic rings. The van der Waals surface area contributed by atoms with Crippen molar-refractivity contribution in [2.24, 2.45) is 0 Å². The Kier molecular flexibility index (Phi) is 8.01. The van der Waals surface area contributed by atoms with Gasteiger partial charge in [-0.1, -0.05) is 24.3 Å². The van der Waals surface area contributed by atoms with Crippen molar-refractivity contribution in [3.63, 3.8) is 0 Å². The molecule has 0 saturated heterocycles. The number of carbonyl (C=O) groups excluding carboxylic acids is 2. The van der Waals surface area contributed by atoms with Gasteiger partial charge >= 0.3 is 0 Å². The SMILES string of the molecule is CCN(C(=O)c1cccc(-c2cccc(C(=O)N(CC)c3cc(C)cc(C)c3)n2)n1)c1cc(C)cc(C)c1. The summed E-state index contributed by atoms with van der Waals surface area (Å²) < 4.78 is 0. The van der Waals surface area contributed by atoms with Gasteiger partial charge < -0.3 is 9.80 Å². The fourth-order valence-electron chi connectivity index (χ4n) is 4.77. The van der Waals surface area contributed by atoms with Gasteiger partial charge in [0.05, 0.1) is 11.4 Å².